The Hall–Kier alpha value is -4.57. The summed E-state index contributed by atoms with van der Waals surface area (Å²) in [5.74, 6) is -2.10. The molecule has 2 unspecified atom stereocenters. The number of hydrogen-bond donors (Lipinski definition) is 1. The van der Waals surface area contributed by atoms with Gasteiger partial charge < -0.3 is 28.5 Å². The summed E-state index contributed by atoms with van der Waals surface area (Å²) in [6.45, 7) is 4.55. The smallest absolute Gasteiger partial charge is 0.361 e. The van der Waals surface area contributed by atoms with Gasteiger partial charge in [0, 0.05) is 12.8 Å². The zero-order valence-electron chi connectivity index (χ0n) is 43.9. The van der Waals surface area contributed by atoms with Gasteiger partial charge in [-0.3, -0.25) is 9.59 Å². The van der Waals surface area contributed by atoms with Crippen LogP contribution in [0.4, 0.5) is 0 Å². The SMILES string of the molecule is CC/C=C\C/C=C\C/C=C\C/C=C\C/C=C\C/C=C\CCCCC(=O)OC(COC(=O)CCCCCCCCC/C=C\C/C=C\C/C=C\C/C=C\C/C=C\CC)COC(OCC[N+](C)(C)C)C(=O)O. The molecule has 9 heteroatoms. The van der Waals surface area contributed by atoms with E-state index < -0.39 is 24.3 Å². The Morgan fingerprint density at radius 2 is 0.783 bits per heavy atom. The summed E-state index contributed by atoms with van der Waals surface area (Å²) in [5.41, 5.74) is 0. The molecule has 0 aliphatic rings. The molecule has 0 aromatic carbocycles. The maximum atomic E-state index is 12.8. The molecule has 0 aliphatic carbocycles. The van der Waals surface area contributed by atoms with E-state index in [1.165, 1.54) is 19.3 Å². The Balaban J connectivity index is 4.46. The van der Waals surface area contributed by atoms with Crippen LogP contribution in [0.5, 0.6) is 0 Å². The van der Waals surface area contributed by atoms with Gasteiger partial charge in [0.25, 0.3) is 6.29 Å². The van der Waals surface area contributed by atoms with Gasteiger partial charge in [-0.15, -0.1) is 0 Å². The summed E-state index contributed by atoms with van der Waals surface area (Å²) in [6.07, 6.45) is 68.0. The Kier molecular flexibility index (Phi) is 46.5. The first-order valence-corrected chi connectivity index (χ1v) is 26.3. The van der Waals surface area contributed by atoms with Gasteiger partial charge in [0.15, 0.2) is 6.10 Å². The Morgan fingerprint density at radius 3 is 1.19 bits per heavy atom. The second kappa shape index (κ2) is 49.8. The van der Waals surface area contributed by atoms with Crippen LogP contribution in [0.1, 0.15) is 168 Å². The van der Waals surface area contributed by atoms with Crippen LogP contribution in [0.15, 0.2) is 134 Å². The number of esters is 2. The highest BCUT2D eigenvalue weighted by molar-refractivity contribution is 5.71. The molecule has 0 radical (unpaired) electrons. The third-order valence-electron chi connectivity index (χ3n) is 10.4. The van der Waals surface area contributed by atoms with Crippen LogP contribution < -0.4 is 0 Å². The maximum Gasteiger partial charge on any atom is 0.361 e. The quantitative estimate of drug-likeness (QED) is 0.0211. The number of aliphatic carboxylic acids is 1. The standard InChI is InChI=1S/C60H95NO8/c1-6-8-10-12-14-16-18-20-22-24-26-28-29-31-32-34-36-38-40-42-44-46-48-50-57(62)67-54-56(55-68-60(59(64)65)66-53-52-61(3,4)5)69-58(63)51-49-47-45-43-41-39-37-35-33-30-27-25-23-21-19-17-15-13-11-9-7-2/h8-11,14-17,20-23,26-28,30-32,35,37,41,43,56,60H,6-7,12-13,18-19,24-25,29,33-34,36,38-40,42,44-55H2,1-5H3/p+1/b10-8-,11-9-,16-14-,17-15-,22-20-,23-21-,28-26-,30-27-,32-31-,37-35-,43-41-. The number of likely N-dealkylation sites (N-methyl/N-ethyl adjacent to an activating group) is 1. The van der Waals surface area contributed by atoms with Crippen LogP contribution in [0.25, 0.3) is 0 Å². The van der Waals surface area contributed by atoms with Crippen molar-refractivity contribution in [2.24, 2.45) is 0 Å². The van der Waals surface area contributed by atoms with E-state index in [1.54, 1.807) is 0 Å². The number of allylic oxidation sites excluding steroid dienone is 22. The number of carboxylic acids is 1. The molecule has 388 valence electrons. The van der Waals surface area contributed by atoms with Gasteiger partial charge in [-0.1, -0.05) is 180 Å². The number of ether oxygens (including phenoxy) is 4. The van der Waals surface area contributed by atoms with E-state index in [1.807, 2.05) is 21.1 Å². The first-order valence-electron chi connectivity index (χ1n) is 26.3. The molecule has 0 aliphatic heterocycles. The summed E-state index contributed by atoms with van der Waals surface area (Å²) in [7, 11) is 5.93. The first-order chi connectivity index (χ1) is 33.6. The molecule has 0 aromatic heterocycles. The van der Waals surface area contributed by atoms with E-state index in [4.69, 9.17) is 18.9 Å². The van der Waals surface area contributed by atoms with Gasteiger partial charge in [-0.2, -0.15) is 0 Å². The van der Waals surface area contributed by atoms with Crippen molar-refractivity contribution in [2.45, 2.75) is 180 Å². The minimum atomic E-state index is -1.53. The average molecular weight is 959 g/mol. The third-order valence-corrected chi connectivity index (χ3v) is 10.4. The second-order valence-electron chi connectivity index (χ2n) is 18.1. The van der Waals surface area contributed by atoms with E-state index in [0.29, 0.717) is 17.4 Å². The molecular formula is C60H96NO8+. The van der Waals surface area contributed by atoms with E-state index in [2.05, 4.69) is 148 Å². The number of nitrogens with zero attached hydrogens (tertiary/aromatic N) is 1. The summed E-state index contributed by atoms with van der Waals surface area (Å²) in [6, 6.07) is 0. The minimum Gasteiger partial charge on any atom is -0.477 e. The fourth-order valence-electron chi connectivity index (χ4n) is 6.39. The van der Waals surface area contributed by atoms with Gasteiger partial charge in [-0.05, 0) is 109 Å². The van der Waals surface area contributed by atoms with Gasteiger partial charge in [0.1, 0.15) is 13.2 Å². The lowest BCUT2D eigenvalue weighted by Gasteiger charge is -2.25. The average Bonchev–Trinajstić information content (AvgIpc) is 3.31. The van der Waals surface area contributed by atoms with Crippen molar-refractivity contribution in [2.75, 3.05) is 47.5 Å². The zero-order chi connectivity index (χ0) is 50.6. The zero-order valence-corrected chi connectivity index (χ0v) is 43.9. The molecule has 2 atom stereocenters. The van der Waals surface area contributed by atoms with Crippen LogP contribution in [-0.2, 0) is 33.3 Å². The molecule has 0 saturated heterocycles. The highest BCUT2D eigenvalue weighted by Gasteiger charge is 2.25. The normalized spacial score (nSPS) is 13.9. The molecule has 0 bridgehead atoms. The highest BCUT2D eigenvalue weighted by Crippen LogP contribution is 2.12. The lowest BCUT2D eigenvalue weighted by atomic mass is 10.1. The van der Waals surface area contributed by atoms with Crippen molar-refractivity contribution in [1.29, 1.82) is 0 Å². The van der Waals surface area contributed by atoms with Crippen molar-refractivity contribution in [3.05, 3.63) is 134 Å². The Bertz CT molecular complexity index is 1590. The van der Waals surface area contributed by atoms with Crippen LogP contribution in [0.3, 0.4) is 0 Å². The summed E-state index contributed by atoms with van der Waals surface area (Å²) in [4.78, 5) is 37.3. The molecule has 69 heavy (non-hydrogen) atoms. The molecule has 0 heterocycles. The lowest BCUT2D eigenvalue weighted by molar-refractivity contribution is -0.870. The molecule has 0 spiro atoms. The molecule has 0 saturated carbocycles. The van der Waals surface area contributed by atoms with E-state index in [0.717, 1.165) is 116 Å². The van der Waals surface area contributed by atoms with Gasteiger partial charge in [0.2, 0.25) is 0 Å². The minimum absolute atomic E-state index is 0.168. The third kappa shape index (κ3) is 51.1. The summed E-state index contributed by atoms with van der Waals surface area (Å²) >= 11 is 0. The van der Waals surface area contributed by atoms with Crippen molar-refractivity contribution in [3.8, 4) is 0 Å². The fraction of sp³-hybridized carbons (Fsp3) is 0.583. The van der Waals surface area contributed by atoms with Crippen molar-refractivity contribution in [1.82, 2.24) is 0 Å². The van der Waals surface area contributed by atoms with Crippen molar-refractivity contribution < 1.29 is 42.9 Å². The largest absolute Gasteiger partial charge is 0.477 e. The van der Waals surface area contributed by atoms with Gasteiger partial charge in [-0.25, -0.2) is 4.79 Å². The number of carbonyl (C=O) groups is 3. The molecule has 0 amide bonds. The number of rotatable bonds is 46. The molecule has 9 nitrogen and oxygen atoms in total. The van der Waals surface area contributed by atoms with Crippen molar-refractivity contribution in [3.63, 3.8) is 0 Å². The first kappa shape index (κ1) is 64.4. The Labute approximate surface area is 420 Å². The predicted octanol–water partition coefficient (Wildman–Crippen LogP) is 15.1. The van der Waals surface area contributed by atoms with E-state index >= 15 is 0 Å². The molecule has 1 N–H and O–H groups in total. The molecule has 0 fully saturated rings. The fourth-order valence-corrected chi connectivity index (χ4v) is 6.39. The topological polar surface area (TPSA) is 108 Å². The summed E-state index contributed by atoms with van der Waals surface area (Å²) in [5, 5.41) is 9.68. The van der Waals surface area contributed by atoms with Crippen LogP contribution in [0.2, 0.25) is 0 Å². The molecule has 0 rings (SSSR count). The van der Waals surface area contributed by atoms with Gasteiger partial charge in [0.05, 0.1) is 34.4 Å². The number of unbranched alkanes of at least 4 members (excludes halogenated alkanes) is 9. The number of carbonyl (C=O) groups excluding carboxylic acids is 2. The van der Waals surface area contributed by atoms with Crippen LogP contribution in [-0.4, -0.2) is 87.4 Å². The maximum absolute atomic E-state index is 12.8. The lowest BCUT2D eigenvalue weighted by Crippen LogP contribution is -2.40. The van der Waals surface area contributed by atoms with Crippen molar-refractivity contribution >= 4 is 17.9 Å². The second-order valence-corrected chi connectivity index (χ2v) is 18.1. The molecular weight excluding hydrogens is 863 g/mol. The predicted molar refractivity (Wildman–Crippen MR) is 290 cm³/mol. The molecule has 0 aromatic rings. The number of carboxylic acid groups (broad SMARTS) is 1. The van der Waals surface area contributed by atoms with E-state index in [-0.39, 0.29) is 38.6 Å². The summed E-state index contributed by atoms with van der Waals surface area (Å²) < 4.78 is 22.8. The van der Waals surface area contributed by atoms with Crippen LogP contribution >= 0.6 is 0 Å². The van der Waals surface area contributed by atoms with Crippen LogP contribution in [0, 0.1) is 0 Å². The number of quaternary nitrogens is 1. The highest BCUT2D eigenvalue weighted by atomic mass is 16.7. The number of hydrogen-bond acceptors (Lipinski definition) is 7. The van der Waals surface area contributed by atoms with Gasteiger partial charge >= 0.3 is 17.9 Å². The monoisotopic (exact) mass is 959 g/mol. The van der Waals surface area contributed by atoms with E-state index in [9.17, 15) is 19.5 Å². The Morgan fingerprint density at radius 1 is 0.435 bits per heavy atom.